The quantitative estimate of drug-likeness (QED) is 0.864. The number of ether oxygens (including phenoxy) is 1. The van der Waals surface area contributed by atoms with Crippen LogP contribution in [0, 0.1) is 11.7 Å². The van der Waals surface area contributed by atoms with Crippen LogP contribution in [0.3, 0.4) is 0 Å². The lowest BCUT2D eigenvalue weighted by Crippen LogP contribution is -2.22. The molecule has 1 unspecified atom stereocenters. The molecule has 5 heteroatoms. The van der Waals surface area contributed by atoms with Gasteiger partial charge in [0, 0.05) is 11.8 Å². The van der Waals surface area contributed by atoms with Gasteiger partial charge >= 0.3 is 5.97 Å². The monoisotopic (exact) mass is 272 g/mol. The van der Waals surface area contributed by atoms with Gasteiger partial charge in [-0.25, -0.2) is 4.39 Å². The third-order valence-electron chi connectivity index (χ3n) is 2.53. The number of halogens is 1. The van der Waals surface area contributed by atoms with Gasteiger partial charge in [0.05, 0.1) is 7.11 Å². The molecule has 3 nitrogen and oxygen atoms in total. The Labute approximate surface area is 110 Å². The van der Waals surface area contributed by atoms with E-state index in [1.54, 1.807) is 12.1 Å². The Morgan fingerprint density at radius 1 is 1.50 bits per heavy atom. The smallest absolute Gasteiger partial charge is 0.316 e. The maximum atomic E-state index is 13.6. The van der Waals surface area contributed by atoms with Crippen molar-refractivity contribution in [2.75, 3.05) is 7.11 Å². The van der Waals surface area contributed by atoms with E-state index in [1.165, 1.54) is 24.9 Å². The van der Waals surface area contributed by atoms with Crippen LogP contribution in [0.25, 0.3) is 0 Å². The maximum Gasteiger partial charge on any atom is 0.316 e. The van der Waals surface area contributed by atoms with Gasteiger partial charge in [0.1, 0.15) is 16.8 Å². The largest absolute Gasteiger partial charge is 0.497 e. The lowest BCUT2D eigenvalue weighted by molar-refractivity contribution is -0.137. The lowest BCUT2D eigenvalue weighted by Gasteiger charge is -2.15. The number of rotatable bonds is 6. The summed E-state index contributed by atoms with van der Waals surface area (Å²) in [5.41, 5.74) is 0.493. The highest BCUT2D eigenvalue weighted by atomic mass is 32.2. The Kier molecular flexibility index (Phi) is 5.47. The van der Waals surface area contributed by atoms with E-state index in [-0.39, 0.29) is 11.7 Å². The highest BCUT2D eigenvalue weighted by Gasteiger charge is 2.22. The van der Waals surface area contributed by atoms with Gasteiger partial charge in [0.25, 0.3) is 0 Å². The molecule has 0 aliphatic rings. The van der Waals surface area contributed by atoms with E-state index in [4.69, 9.17) is 9.84 Å². The first-order valence-electron chi connectivity index (χ1n) is 5.62. The summed E-state index contributed by atoms with van der Waals surface area (Å²) >= 11 is 1.24. The van der Waals surface area contributed by atoms with Crippen molar-refractivity contribution in [3.05, 3.63) is 29.6 Å². The molecule has 1 N–H and O–H groups in total. The van der Waals surface area contributed by atoms with Gasteiger partial charge in [0.15, 0.2) is 0 Å². The van der Waals surface area contributed by atoms with Crippen molar-refractivity contribution in [3.63, 3.8) is 0 Å². The summed E-state index contributed by atoms with van der Waals surface area (Å²) in [5.74, 6) is -0.419. The summed E-state index contributed by atoms with van der Waals surface area (Å²) in [6.07, 6.45) is 0. The number of aliphatic carboxylic acids is 1. The van der Waals surface area contributed by atoms with Gasteiger partial charge in [-0.3, -0.25) is 4.79 Å². The number of benzene rings is 1. The van der Waals surface area contributed by atoms with E-state index >= 15 is 0 Å². The van der Waals surface area contributed by atoms with Crippen molar-refractivity contribution in [1.82, 2.24) is 0 Å². The summed E-state index contributed by atoms with van der Waals surface area (Å²) in [5, 5.41) is 8.52. The number of thioether (sulfide) groups is 1. The minimum absolute atomic E-state index is 0.00816. The van der Waals surface area contributed by atoms with Crippen LogP contribution >= 0.6 is 11.8 Å². The summed E-state index contributed by atoms with van der Waals surface area (Å²) in [6.45, 7) is 3.69. The number of hydrogen-bond acceptors (Lipinski definition) is 3. The van der Waals surface area contributed by atoms with Gasteiger partial charge in [-0.05, 0) is 17.5 Å². The summed E-state index contributed by atoms with van der Waals surface area (Å²) in [6, 6.07) is 4.60. The second-order valence-corrected chi connectivity index (χ2v) is 5.40. The van der Waals surface area contributed by atoms with Crippen LogP contribution in [0.4, 0.5) is 4.39 Å². The van der Waals surface area contributed by atoms with E-state index in [0.717, 1.165) is 0 Å². The predicted molar refractivity (Wildman–Crippen MR) is 70.5 cm³/mol. The van der Waals surface area contributed by atoms with Crippen molar-refractivity contribution in [3.8, 4) is 5.75 Å². The van der Waals surface area contributed by atoms with Crippen LogP contribution < -0.4 is 4.74 Å². The fourth-order valence-electron chi connectivity index (χ4n) is 1.50. The molecular formula is C13H17FO3S. The zero-order valence-corrected chi connectivity index (χ0v) is 11.5. The Balaban J connectivity index is 2.70. The third-order valence-corrected chi connectivity index (χ3v) is 4.11. The zero-order chi connectivity index (χ0) is 13.7. The molecule has 0 aliphatic heterocycles. The van der Waals surface area contributed by atoms with Crippen LogP contribution in [0.2, 0.25) is 0 Å². The molecule has 0 bridgehead atoms. The first-order chi connectivity index (χ1) is 8.45. The summed E-state index contributed by atoms with van der Waals surface area (Å²) in [7, 11) is 1.47. The molecule has 0 fully saturated rings. The first kappa shape index (κ1) is 14.8. The Morgan fingerprint density at radius 2 is 2.17 bits per heavy atom. The maximum absolute atomic E-state index is 13.6. The van der Waals surface area contributed by atoms with Crippen molar-refractivity contribution < 1.29 is 19.0 Å². The minimum atomic E-state index is -0.857. The van der Waals surface area contributed by atoms with Crippen LogP contribution in [-0.4, -0.2) is 23.4 Å². The standard InChI is InChI=1S/C13H17FO3S/c1-8(2)12(13(15)16)18-7-9-4-5-10(17-3)6-11(9)14/h4-6,8,12H,7H2,1-3H3,(H,15,16). The van der Waals surface area contributed by atoms with E-state index in [9.17, 15) is 9.18 Å². The molecule has 1 aromatic rings. The topological polar surface area (TPSA) is 46.5 Å². The van der Waals surface area contributed by atoms with E-state index in [0.29, 0.717) is 17.1 Å². The highest BCUT2D eigenvalue weighted by Crippen LogP contribution is 2.26. The number of hydrogen-bond donors (Lipinski definition) is 1. The fraction of sp³-hybridized carbons (Fsp3) is 0.462. The van der Waals surface area contributed by atoms with Gasteiger partial charge < -0.3 is 9.84 Å². The normalized spacial score (nSPS) is 12.5. The van der Waals surface area contributed by atoms with Crippen molar-refractivity contribution in [2.24, 2.45) is 5.92 Å². The second-order valence-electron chi connectivity index (χ2n) is 4.27. The molecule has 0 saturated heterocycles. The average Bonchev–Trinajstić information content (AvgIpc) is 2.30. The molecular weight excluding hydrogens is 255 g/mol. The van der Waals surface area contributed by atoms with Crippen LogP contribution in [0.15, 0.2) is 18.2 Å². The molecule has 1 aromatic carbocycles. The van der Waals surface area contributed by atoms with Crippen LogP contribution in [0.1, 0.15) is 19.4 Å². The number of carboxylic acids is 1. The van der Waals surface area contributed by atoms with Crippen molar-refractivity contribution >= 4 is 17.7 Å². The molecule has 0 radical (unpaired) electrons. The van der Waals surface area contributed by atoms with E-state index < -0.39 is 11.2 Å². The summed E-state index contributed by atoms with van der Waals surface area (Å²) < 4.78 is 18.6. The molecule has 0 aliphatic carbocycles. The SMILES string of the molecule is COc1ccc(CSC(C(=O)O)C(C)C)c(F)c1. The fourth-order valence-corrected chi connectivity index (χ4v) is 2.62. The van der Waals surface area contributed by atoms with Gasteiger partial charge in [-0.2, -0.15) is 0 Å². The highest BCUT2D eigenvalue weighted by molar-refractivity contribution is 7.99. The second kappa shape index (κ2) is 6.64. The number of methoxy groups -OCH3 is 1. The van der Waals surface area contributed by atoms with Crippen molar-refractivity contribution in [2.45, 2.75) is 24.9 Å². The Hall–Kier alpha value is -1.23. The number of carboxylic acid groups (broad SMARTS) is 1. The van der Waals surface area contributed by atoms with Gasteiger partial charge in [-0.15, -0.1) is 11.8 Å². The Bertz CT molecular complexity index is 421. The van der Waals surface area contributed by atoms with E-state index in [1.807, 2.05) is 13.8 Å². The minimum Gasteiger partial charge on any atom is -0.497 e. The molecule has 0 saturated carbocycles. The van der Waals surface area contributed by atoms with Crippen LogP contribution in [0.5, 0.6) is 5.75 Å². The average molecular weight is 272 g/mol. The van der Waals surface area contributed by atoms with Gasteiger partial charge in [0.2, 0.25) is 0 Å². The van der Waals surface area contributed by atoms with Gasteiger partial charge in [-0.1, -0.05) is 19.9 Å². The molecule has 0 aromatic heterocycles. The zero-order valence-electron chi connectivity index (χ0n) is 10.6. The first-order valence-corrected chi connectivity index (χ1v) is 6.67. The molecule has 100 valence electrons. The molecule has 0 heterocycles. The van der Waals surface area contributed by atoms with E-state index in [2.05, 4.69) is 0 Å². The van der Waals surface area contributed by atoms with Crippen molar-refractivity contribution in [1.29, 1.82) is 0 Å². The molecule has 18 heavy (non-hydrogen) atoms. The number of carbonyl (C=O) groups is 1. The predicted octanol–water partition coefficient (Wildman–Crippen LogP) is 3.18. The third kappa shape index (κ3) is 3.91. The summed E-state index contributed by atoms with van der Waals surface area (Å²) in [4.78, 5) is 11.0. The molecule has 0 spiro atoms. The molecule has 0 amide bonds. The molecule has 1 atom stereocenters. The van der Waals surface area contributed by atoms with Crippen LogP contribution in [-0.2, 0) is 10.5 Å². The molecule has 1 rings (SSSR count). The lowest BCUT2D eigenvalue weighted by atomic mass is 10.1. The Morgan fingerprint density at radius 3 is 2.61 bits per heavy atom.